The molecule has 0 fully saturated rings. The van der Waals surface area contributed by atoms with Gasteiger partial charge in [0.25, 0.3) is 0 Å². The average molecular weight is 280 g/mol. The lowest BCUT2D eigenvalue weighted by Crippen LogP contribution is -2.24. The number of rotatable bonds is 10. The van der Waals surface area contributed by atoms with E-state index in [4.69, 9.17) is 4.74 Å². The molecule has 1 N–H and O–H groups in total. The molecule has 0 aliphatic carbocycles. The van der Waals surface area contributed by atoms with Gasteiger partial charge in [0.15, 0.2) is 0 Å². The first-order chi connectivity index (χ1) is 7.31. The van der Waals surface area contributed by atoms with Crippen molar-refractivity contribution in [1.82, 2.24) is 5.32 Å². The van der Waals surface area contributed by atoms with Gasteiger partial charge in [0.1, 0.15) is 0 Å². The Morgan fingerprint density at radius 3 is 2.73 bits per heavy atom. The van der Waals surface area contributed by atoms with Crippen molar-refractivity contribution in [2.45, 2.75) is 39.0 Å². The van der Waals surface area contributed by atoms with Crippen LogP contribution in [0.5, 0.6) is 0 Å². The lowest BCUT2D eigenvalue weighted by atomic mass is 10.2. The van der Waals surface area contributed by atoms with Crippen LogP contribution in [0.15, 0.2) is 0 Å². The number of nitrogens with one attached hydrogen (secondary N) is 1. The molecular formula is C11H22BrNO2. The summed E-state index contributed by atoms with van der Waals surface area (Å²) in [5.74, 6) is 0.170. The Labute approximate surface area is 101 Å². The van der Waals surface area contributed by atoms with E-state index < -0.39 is 0 Å². The lowest BCUT2D eigenvalue weighted by Gasteiger charge is -2.05. The van der Waals surface area contributed by atoms with Crippen molar-refractivity contribution in [3.05, 3.63) is 0 Å². The first-order valence-corrected chi connectivity index (χ1v) is 6.83. The van der Waals surface area contributed by atoms with Gasteiger partial charge in [0, 0.05) is 24.9 Å². The van der Waals surface area contributed by atoms with Crippen LogP contribution in [0.2, 0.25) is 0 Å². The van der Waals surface area contributed by atoms with E-state index in [1.807, 2.05) is 0 Å². The van der Waals surface area contributed by atoms with E-state index >= 15 is 0 Å². The summed E-state index contributed by atoms with van der Waals surface area (Å²) in [5.41, 5.74) is 0. The molecule has 0 aromatic carbocycles. The average Bonchev–Trinajstić information content (AvgIpc) is 2.23. The van der Waals surface area contributed by atoms with E-state index in [2.05, 4.69) is 28.2 Å². The van der Waals surface area contributed by atoms with Crippen LogP contribution in [0.25, 0.3) is 0 Å². The highest BCUT2D eigenvalue weighted by Crippen LogP contribution is 1.98. The van der Waals surface area contributed by atoms with Crippen LogP contribution in [0.1, 0.15) is 39.0 Å². The number of halogens is 1. The molecule has 0 unspecified atom stereocenters. The van der Waals surface area contributed by atoms with Gasteiger partial charge in [-0.1, -0.05) is 35.7 Å². The van der Waals surface area contributed by atoms with Gasteiger partial charge in [-0.2, -0.15) is 0 Å². The Morgan fingerprint density at radius 2 is 2.07 bits per heavy atom. The Kier molecular flexibility index (Phi) is 11.9. The summed E-state index contributed by atoms with van der Waals surface area (Å²) in [6.07, 6.45) is 4.86. The fraction of sp³-hybridized carbons (Fsp3) is 0.909. The van der Waals surface area contributed by atoms with E-state index in [-0.39, 0.29) is 5.91 Å². The number of hydrogen-bond donors (Lipinski definition) is 1. The summed E-state index contributed by atoms with van der Waals surface area (Å²) in [6.45, 7) is 4.33. The molecule has 0 bridgehead atoms. The minimum atomic E-state index is 0.170. The first-order valence-electron chi connectivity index (χ1n) is 5.71. The number of amides is 1. The molecule has 0 atom stereocenters. The van der Waals surface area contributed by atoms with E-state index in [9.17, 15) is 4.79 Å². The number of unbranched alkanes of at least 4 members (excludes halogenated alkanes) is 2. The van der Waals surface area contributed by atoms with Gasteiger partial charge >= 0.3 is 0 Å². The number of carbonyl (C=O) groups is 1. The maximum Gasteiger partial charge on any atom is 0.219 e. The summed E-state index contributed by atoms with van der Waals surface area (Å²) in [5, 5.41) is 3.76. The highest BCUT2D eigenvalue weighted by molar-refractivity contribution is 9.09. The summed E-state index contributed by atoms with van der Waals surface area (Å²) in [4.78, 5) is 11.2. The SMILES string of the molecule is CCCCCC(=O)NCCCOCCBr. The van der Waals surface area contributed by atoms with Gasteiger partial charge < -0.3 is 10.1 Å². The number of ether oxygens (including phenoxy) is 1. The van der Waals surface area contributed by atoms with Gasteiger partial charge in [-0.05, 0) is 12.8 Å². The first kappa shape index (κ1) is 14.9. The van der Waals surface area contributed by atoms with Crippen LogP contribution in [0.3, 0.4) is 0 Å². The monoisotopic (exact) mass is 279 g/mol. The van der Waals surface area contributed by atoms with Gasteiger partial charge in [-0.15, -0.1) is 0 Å². The predicted molar refractivity (Wildman–Crippen MR) is 66.4 cm³/mol. The molecule has 0 spiro atoms. The standard InChI is InChI=1S/C11H22BrNO2/c1-2-3-4-6-11(14)13-8-5-9-15-10-7-12/h2-10H2,1H3,(H,13,14). The zero-order chi connectivity index (χ0) is 11.4. The fourth-order valence-corrected chi connectivity index (χ4v) is 1.41. The highest BCUT2D eigenvalue weighted by Gasteiger charge is 1.99. The number of alkyl halides is 1. The second-order valence-electron chi connectivity index (χ2n) is 3.46. The zero-order valence-electron chi connectivity index (χ0n) is 9.56. The molecule has 0 radical (unpaired) electrons. The maximum atomic E-state index is 11.2. The molecule has 0 aliphatic heterocycles. The third kappa shape index (κ3) is 11.8. The van der Waals surface area contributed by atoms with Gasteiger partial charge in [0.2, 0.25) is 5.91 Å². The Hall–Kier alpha value is -0.0900. The van der Waals surface area contributed by atoms with E-state index in [1.54, 1.807) is 0 Å². The van der Waals surface area contributed by atoms with Crippen molar-refractivity contribution in [2.24, 2.45) is 0 Å². The molecule has 0 aliphatic rings. The smallest absolute Gasteiger partial charge is 0.219 e. The van der Waals surface area contributed by atoms with Gasteiger partial charge in [-0.25, -0.2) is 0 Å². The van der Waals surface area contributed by atoms with E-state index in [0.29, 0.717) is 6.42 Å². The largest absolute Gasteiger partial charge is 0.381 e. The molecule has 0 rings (SSSR count). The van der Waals surface area contributed by atoms with Crippen molar-refractivity contribution in [3.8, 4) is 0 Å². The molecule has 90 valence electrons. The predicted octanol–water partition coefficient (Wildman–Crippen LogP) is 2.48. The molecule has 3 nitrogen and oxygen atoms in total. The van der Waals surface area contributed by atoms with Crippen LogP contribution in [0.4, 0.5) is 0 Å². The molecule has 0 saturated carbocycles. The molecule has 0 aromatic heterocycles. The van der Waals surface area contributed by atoms with Gasteiger partial charge in [-0.3, -0.25) is 4.79 Å². The van der Waals surface area contributed by atoms with Crippen molar-refractivity contribution < 1.29 is 9.53 Å². The van der Waals surface area contributed by atoms with Crippen LogP contribution in [0, 0.1) is 0 Å². The molecule has 0 saturated heterocycles. The van der Waals surface area contributed by atoms with E-state index in [1.165, 1.54) is 0 Å². The summed E-state index contributed by atoms with van der Waals surface area (Å²) < 4.78 is 5.26. The fourth-order valence-electron chi connectivity index (χ4n) is 1.18. The normalized spacial score (nSPS) is 10.3. The second-order valence-corrected chi connectivity index (χ2v) is 4.25. The Bertz CT molecular complexity index is 154. The molecular weight excluding hydrogens is 258 g/mol. The summed E-state index contributed by atoms with van der Waals surface area (Å²) in [7, 11) is 0. The molecule has 1 amide bonds. The van der Waals surface area contributed by atoms with Gasteiger partial charge in [0.05, 0.1) is 6.61 Å². The summed E-state index contributed by atoms with van der Waals surface area (Å²) >= 11 is 3.28. The van der Waals surface area contributed by atoms with Crippen molar-refractivity contribution in [2.75, 3.05) is 25.1 Å². The quantitative estimate of drug-likeness (QED) is 0.493. The molecule has 4 heteroatoms. The maximum absolute atomic E-state index is 11.2. The number of carbonyl (C=O) groups excluding carboxylic acids is 1. The van der Waals surface area contributed by atoms with Crippen LogP contribution in [-0.4, -0.2) is 31.0 Å². The molecule has 0 aromatic rings. The molecule has 0 heterocycles. The van der Waals surface area contributed by atoms with Crippen molar-refractivity contribution in [3.63, 3.8) is 0 Å². The third-order valence-corrected chi connectivity index (χ3v) is 2.34. The van der Waals surface area contributed by atoms with Crippen molar-refractivity contribution >= 4 is 21.8 Å². The van der Waals surface area contributed by atoms with Crippen LogP contribution >= 0.6 is 15.9 Å². The summed E-state index contributed by atoms with van der Waals surface area (Å²) in [6, 6.07) is 0. The minimum Gasteiger partial charge on any atom is -0.381 e. The van der Waals surface area contributed by atoms with Crippen LogP contribution in [-0.2, 0) is 9.53 Å². The van der Waals surface area contributed by atoms with E-state index in [0.717, 1.165) is 50.8 Å². The highest BCUT2D eigenvalue weighted by atomic mass is 79.9. The minimum absolute atomic E-state index is 0.170. The zero-order valence-corrected chi connectivity index (χ0v) is 11.1. The van der Waals surface area contributed by atoms with Crippen molar-refractivity contribution in [1.29, 1.82) is 0 Å². The molecule has 15 heavy (non-hydrogen) atoms. The second kappa shape index (κ2) is 12.0. The topological polar surface area (TPSA) is 38.3 Å². The number of hydrogen-bond acceptors (Lipinski definition) is 2. The Balaban J connectivity index is 3.10. The lowest BCUT2D eigenvalue weighted by molar-refractivity contribution is -0.121. The third-order valence-electron chi connectivity index (χ3n) is 2.02. The Morgan fingerprint density at radius 1 is 1.27 bits per heavy atom. The van der Waals surface area contributed by atoms with Crippen LogP contribution < -0.4 is 5.32 Å².